The van der Waals surface area contributed by atoms with Crippen LogP contribution in [0.3, 0.4) is 0 Å². The number of unbranched alkanes of at least 4 members (excludes halogenated alkanes) is 1. The standard InChI is InChI=1S/C13H19N3O3/c1-4-5-8-15-12(17)11-10(6-7-14-11)16(13(15)18)9(2)19-3/h6-7,9,14H,4-5,8H2,1-3H3. The summed E-state index contributed by atoms with van der Waals surface area (Å²) in [5.41, 5.74) is 0.439. The van der Waals surface area contributed by atoms with Crippen molar-refractivity contribution in [2.75, 3.05) is 7.11 Å². The Kier molecular flexibility index (Phi) is 3.90. The molecule has 2 heterocycles. The van der Waals surface area contributed by atoms with Gasteiger partial charge in [-0.2, -0.15) is 0 Å². The van der Waals surface area contributed by atoms with Gasteiger partial charge in [0.15, 0.2) is 0 Å². The molecule has 0 radical (unpaired) electrons. The fraction of sp³-hybridized carbons (Fsp3) is 0.538. The van der Waals surface area contributed by atoms with Crippen molar-refractivity contribution in [2.24, 2.45) is 0 Å². The van der Waals surface area contributed by atoms with Crippen molar-refractivity contribution in [3.63, 3.8) is 0 Å². The zero-order valence-electron chi connectivity index (χ0n) is 11.5. The predicted molar refractivity (Wildman–Crippen MR) is 73.4 cm³/mol. The van der Waals surface area contributed by atoms with Gasteiger partial charge in [-0.25, -0.2) is 4.79 Å². The van der Waals surface area contributed by atoms with E-state index in [4.69, 9.17) is 4.74 Å². The summed E-state index contributed by atoms with van der Waals surface area (Å²) in [6, 6.07) is 1.72. The zero-order valence-corrected chi connectivity index (χ0v) is 11.5. The van der Waals surface area contributed by atoms with E-state index in [-0.39, 0.29) is 11.2 Å². The van der Waals surface area contributed by atoms with Crippen molar-refractivity contribution in [3.8, 4) is 0 Å². The second-order valence-electron chi connectivity index (χ2n) is 4.54. The van der Waals surface area contributed by atoms with Crippen LogP contribution in [0.1, 0.15) is 32.9 Å². The Morgan fingerprint density at radius 3 is 2.79 bits per heavy atom. The summed E-state index contributed by atoms with van der Waals surface area (Å²) in [6.07, 6.45) is 2.96. The van der Waals surface area contributed by atoms with Crippen molar-refractivity contribution in [1.82, 2.24) is 14.1 Å². The molecule has 0 fully saturated rings. The van der Waals surface area contributed by atoms with Crippen LogP contribution in [0.4, 0.5) is 0 Å². The van der Waals surface area contributed by atoms with Gasteiger partial charge < -0.3 is 9.72 Å². The van der Waals surface area contributed by atoms with Crippen molar-refractivity contribution < 1.29 is 4.74 Å². The van der Waals surface area contributed by atoms with E-state index in [1.54, 1.807) is 19.2 Å². The van der Waals surface area contributed by atoms with Crippen molar-refractivity contribution in [3.05, 3.63) is 33.1 Å². The highest BCUT2D eigenvalue weighted by Crippen LogP contribution is 2.12. The first-order valence-corrected chi connectivity index (χ1v) is 6.47. The van der Waals surface area contributed by atoms with Gasteiger partial charge in [0.1, 0.15) is 11.7 Å². The monoisotopic (exact) mass is 265 g/mol. The number of fused-ring (bicyclic) bond motifs is 1. The third-order valence-electron chi connectivity index (χ3n) is 3.32. The molecule has 0 aliphatic carbocycles. The van der Waals surface area contributed by atoms with Crippen molar-refractivity contribution >= 4 is 11.0 Å². The Labute approximate surface area is 110 Å². The molecule has 1 unspecified atom stereocenters. The summed E-state index contributed by atoms with van der Waals surface area (Å²) in [5.74, 6) is 0. The van der Waals surface area contributed by atoms with Crippen molar-refractivity contribution in [1.29, 1.82) is 0 Å². The van der Waals surface area contributed by atoms with Gasteiger partial charge in [0, 0.05) is 19.9 Å². The summed E-state index contributed by atoms with van der Waals surface area (Å²) in [7, 11) is 1.54. The number of aromatic nitrogens is 3. The summed E-state index contributed by atoms with van der Waals surface area (Å²) in [5, 5.41) is 0. The molecular weight excluding hydrogens is 246 g/mol. The Morgan fingerprint density at radius 1 is 1.42 bits per heavy atom. The lowest BCUT2D eigenvalue weighted by Crippen LogP contribution is -2.41. The third kappa shape index (κ3) is 2.23. The topological polar surface area (TPSA) is 69.0 Å². The van der Waals surface area contributed by atoms with Gasteiger partial charge in [0.2, 0.25) is 0 Å². The van der Waals surface area contributed by atoms with Crippen LogP contribution in [0.5, 0.6) is 0 Å². The predicted octanol–water partition coefficient (Wildman–Crippen LogP) is 1.46. The molecular formula is C13H19N3O3. The maximum Gasteiger partial charge on any atom is 0.333 e. The average molecular weight is 265 g/mol. The highest BCUT2D eigenvalue weighted by molar-refractivity contribution is 5.74. The molecule has 0 aliphatic rings. The van der Waals surface area contributed by atoms with E-state index < -0.39 is 6.23 Å². The van der Waals surface area contributed by atoms with E-state index in [9.17, 15) is 9.59 Å². The first-order chi connectivity index (χ1) is 9.11. The van der Waals surface area contributed by atoms with E-state index in [1.807, 2.05) is 6.92 Å². The Bertz CT molecular complexity index is 680. The molecule has 0 amide bonds. The molecule has 104 valence electrons. The molecule has 0 spiro atoms. The number of nitrogens with zero attached hydrogens (tertiary/aromatic N) is 2. The van der Waals surface area contributed by atoms with Crippen LogP contribution < -0.4 is 11.2 Å². The van der Waals surface area contributed by atoms with Gasteiger partial charge in [0.25, 0.3) is 5.56 Å². The minimum atomic E-state index is -0.417. The van der Waals surface area contributed by atoms with Gasteiger partial charge in [-0.3, -0.25) is 13.9 Å². The summed E-state index contributed by atoms with van der Waals surface area (Å²) in [6.45, 7) is 4.23. The fourth-order valence-corrected chi connectivity index (χ4v) is 2.16. The van der Waals surface area contributed by atoms with Gasteiger partial charge >= 0.3 is 5.69 Å². The molecule has 1 N–H and O–H groups in total. The molecule has 0 saturated carbocycles. The zero-order chi connectivity index (χ0) is 14.0. The van der Waals surface area contributed by atoms with E-state index >= 15 is 0 Å². The number of H-pyrrole nitrogens is 1. The maximum absolute atomic E-state index is 12.4. The number of nitrogens with one attached hydrogen (secondary N) is 1. The number of hydrogen-bond acceptors (Lipinski definition) is 3. The number of ether oxygens (including phenoxy) is 1. The summed E-state index contributed by atoms with van der Waals surface area (Å²) in [4.78, 5) is 27.6. The lowest BCUT2D eigenvalue weighted by Gasteiger charge is -2.16. The highest BCUT2D eigenvalue weighted by atomic mass is 16.5. The van der Waals surface area contributed by atoms with Crippen LogP contribution in [0.25, 0.3) is 11.0 Å². The molecule has 19 heavy (non-hydrogen) atoms. The van der Waals surface area contributed by atoms with Crippen LogP contribution in [0.2, 0.25) is 0 Å². The molecule has 1 atom stereocenters. The first kappa shape index (κ1) is 13.6. The van der Waals surface area contributed by atoms with Gasteiger partial charge in [0.05, 0.1) is 5.52 Å². The minimum absolute atomic E-state index is 0.266. The number of rotatable bonds is 5. The maximum atomic E-state index is 12.4. The second-order valence-corrected chi connectivity index (χ2v) is 4.54. The number of hydrogen-bond donors (Lipinski definition) is 1. The smallest absolute Gasteiger partial charge is 0.333 e. The highest BCUT2D eigenvalue weighted by Gasteiger charge is 2.17. The minimum Gasteiger partial charge on any atom is -0.361 e. The molecule has 6 heteroatoms. The van der Waals surface area contributed by atoms with Crippen LogP contribution in [-0.2, 0) is 11.3 Å². The molecule has 0 aliphatic heterocycles. The van der Waals surface area contributed by atoms with E-state index in [0.29, 0.717) is 17.6 Å². The summed E-state index contributed by atoms with van der Waals surface area (Å²) < 4.78 is 8.01. The Morgan fingerprint density at radius 2 is 2.16 bits per heavy atom. The summed E-state index contributed by atoms with van der Waals surface area (Å²) >= 11 is 0. The number of methoxy groups -OCH3 is 1. The third-order valence-corrected chi connectivity index (χ3v) is 3.32. The molecule has 2 aromatic heterocycles. The number of aromatic amines is 1. The first-order valence-electron chi connectivity index (χ1n) is 6.47. The van der Waals surface area contributed by atoms with Gasteiger partial charge in [-0.05, 0) is 19.4 Å². The molecule has 2 aromatic rings. The van der Waals surface area contributed by atoms with E-state index in [2.05, 4.69) is 4.98 Å². The molecule has 6 nitrogen and oxygen atoms in total. The Hall–Kier alpha value is -1.82. The van der Waals surface area contributed by atoms with E-state index in [1.165, 1.54) is 16.2 Å². The normalized spacial score (nSPS) is 13.0. The fourth-order valence-electron chi connectivity index (χ4n) is 2.16. The molecule has 0 bridgehead atoms. The van der Waals surface area contributed by atoms with Crippen LogP contribution in [-0.4, -0.2) is 21.2 Å². The lowest BCUT2D eigenvalue weighted by atomic mass is 10.3. The molecule has 0 aromatic carbocycles. The Balaban J connectivity index is 2.75. The van der Waals surface area contributed by atoms with Crippen molar-refractivity contribution in [2.45, 2.75) is 39.5 Å². The second kappa shape index (κ2) is 5.44. The average Bonchev–Trinajstić information content (AvgIpc) is 2.87. The lowest BCUT2D eigenvalue weighted by molar-refractivity contribution is 0.0590. The van der Waals surface area contributed by atoms with Crippen LogP contribution >= 0.6 is 0 Å². The van der Waals surface area contributed by atoms with Gasteiger partial charge in [-0.15, -0.1) is 0 Å². The molecule has 0 saturated heterocycles. The largest absolute Gasteiger partial charge is 0.361 e. The molecule has 2 rings (SSSR count). The van der Waals surface area contributed by atoms with Crippen LogP contribution in [0, 0.1) is 0 Å². The SMILES string of the molecule is CCCCn1c(=O)c2[nH]ccc2n(C(C)OC)c1=O. The van der Waals surface area contributed by atoms with Crippen LogP contribution in [0.15, 0.2) is 21.9 Å². The van der Waals surface area contributed by atoms with E-state index in [0.717, 1.165) is 12.8 Å². The quantitative estimate of drug-likeness (QED) is 0.889. The van der Waals surface area contributed by atoms with Gasteiger partial charge in [-0.1, -0.05) is 13.3 Å².